The summed E-state index contributed by atoms with van der Waals surface area (Å²) in [6.07, 6.45) is 0.195. The van der Waals surface area contributed by atoms with Gasteiger partial charge in [-0.2, -0.15) is 0 Å². The number of rotatable bonds is 5. The first kappa shape index (κ1) is 20.6. The molecule has 10 nitrogen and oxygen atoms in total. The number of aliphatic hydroxyl groups is 1. The lowest BCUT2D eigenvalue weighted by Gasteiger charge is -2.45. The average molecular weight is 416 g/mol. The number of aliphatic hydroxyl groups excluding tert-OH is 1. The van der Waals surface area contributed by atoms with Crippen molar-refractivity contribution in [2.24, 2.45) is 5.73 Å². The Hall–Kier alpha value is -2.66. The average Bonchev–Trinajstić information content (AvgIpc) is 2.99. The fraction of sp³-hybridized carbons (Fsp3) is 0.500. The van der Waals surface area contributed by atoms with Crippen molar-refractivity contribution in [2.45, 2.75) is 31.0 Å². The number of imide groups is 2. The van der Waals surface area contributed by atoms with E-state index in [0.717, 1.165) is 10.5 Å². The zero-order chi connectivity index (χ0) is 21.5. The van der Waals surface area contributed by atoms with E-state index in [4.69, 9.17) is 10.5 Å². The Bertz CT molecular complexity index is 913. The third-order valence-corrected chi connectivity index (χ3v) is 6.10. The Balaban J connectivity index is 1.58. The molecule has 2 saturated heterocycles. The quantitative estimate of drug-likeness (QED) is 0.498. The van der Waals surface area contributed by atoms with Crippen molar-refractivity contribution in [3.8, 4) is 0 Å². The molecular weight excluding hydrogens is 392 g/mol. The Kier molecular flexibility index (Phi) is 5.41. The first-order valence-corrected chi connectivity index (χ1v) is 9.88. The zero-order valence-corrected chi connectivity index (χ0v) is 16.4. The molecule has 3 heterocycles. The molecule has 10 heteroatoms. The second-order valence-corrected chi connectivity index (χ2v) is 7.89. The van der Waals surface area contributed by atoms with Gasteiger partial charge in [0.2, 0.25) is 11.8 Å². The van der Waals surface area contributed by atoms with Gasteiger partial charge in [0.15, 0.2) is 0 Å². The van der Waals surface area contributed by atoms with E-state index >= 15 is 0 Å². The van der Waals surface area contributed by atoms with Crippen LogP contribution in [0.15, 0.2) is 18.2 Å². The molecule has 160 valence electrons. The Morgan fingerprint density at radius 2 is 1.97 bits per heavy atom. The van der Waals surface area contributed by atoms with Gasteiger partial charge in [-0.05, 0) is 24.1 Å². The second kappa shape index (κ2) is 7.88. The SMILES string of the molecule is NCC1(CO)COCCN1Cc1ccc2c(c1)C(=O)N(C1CCC(=O)NC1=O)C2=O. The minimum atomic E-state index is -0.989. The lowest BCUT2D eigenvalue weighted by Crippen LogP contribution is -2.62. The number of hydrogen-bond acceptors (Lipinski definition) is 8. The number of hydrogen-bond donors (Lipinski definition) is 3. The largest absolute Gasteiger partial charge is 0.394 e. The van der Waals surface area contributed by atoms with E-state index in [9.17, 15) is 24.3 Å². The van der Waals surface area contributed by atoms with Crippen LogP contribution in [0.1, 0.15) is 39.1 Å². The summed E-state index contributed by atoms with van der Waals surface area (Å²) in [6.45, 7) is 1.88. The van der Waals surface area contributed by atoms with Gasteiger partial charge < -0.3 is 15.6 Å². The highest BCUT2D eigenvalue weighted by Crippen LogP contribution is 2.29. The molecule has 3 aliphatic rings. The van der Waals surface area contributed by atoms with Crippen molar-refractivity contribution in [1.82, 2.24) is 15.1 Å². The summed E-state index contributed by atoms with van der Waals surface area (Å²) in [5.41, 5.74) is 6.46. The molecule has 2 unspecified atom stereocenters. The van der Waals surface area contributed by atoms with Crippen molar-refractivity contribution in [2.75, 3.05) is 32.9 Å². The molecule has 0 bridgehead atoms. The van der Waals surface area contributed by atoms with Crippen LogP contribution in [-0.2, 0) is 20.9 Å². The number of carbonyl (C=O) groups is 4. The fourth-order valence-corrected chi connectivity index (χ4v) is 4.25. The molecule has 1 aromatic carbocycles. The fourth-order valence-electron chi connectivity index (χ4n) is 4.25. The molecule has 0 saturated carbocycles. The van der Waals surface area contributed by atoms with Gasteiger partial charge in [-0.25, -0.2) is 0 Å². The molecule has 1 aromatic rings. The van der Waals surface area contributed by atoms with Crippen LogP contribution in [0.2, 0.25) is 0 Å². The molecule has 0 aromatic heterocycles. The maximum atomic E-state index is 13.0. The van der Waals surface area contributed by atoms with E-state index in [-0.39, 0.29) is 37.1 Å². The number of nitrogens with one attached hydrogen (secondary N) is 1. The van der Waals surface area contributed by atoms with Gasteiger partial charge in [0.05, 0.1) is 36.5 Å². The number of piperidine rings is 1. The molecule has 0 aliphatic carbocycles. The molecule has 4 rings (SSSR count). The minimum Gasteiger partial charge on any atom is -0.394 e. The number of carbonyl (C=O) groups excluding carboxylic acids is 4. The lowest BCUT2D eigenvalue weighted by atomic mass is 9.96. The monoisotopic (exact) mass is 416 g/mol. The van der Waals surface area contributed by atoms with E-state index in [1.54, 1.807) is 18.2 Å². The summed E-state index contributed by atoms with van der Waals surface area (Å²) in [5.74, 6) is -2.12. The summed E-state index contributed by atoms with van der Waals surface area (Å²) < 4.78 is 5.49. The summed E-state index contributed by atoms with van der Waals surface area (Å²) in [4.78, 5) is 52.3. The predicted octanol–water partition coefficient (Wildman–Crippen LogP) is -1.39. The molecule has 30 heavy (non-hydrogen) atoms. The van der Waals surface area contributed by atoms with Crippen molar-refractivity contribution in [3.63, 3.8) is 0 Å². The van der Waals surface area contributed by atoms with Gasteiger partial charge in [0, 0.05) is 26.1 Å². The molecule has 3 aliphatic heterocycles. The molecule has 2 fully saturated rings. The topological polar surface area (TPSA) is 142 Å². The number of nitrogens with two attached hydrogens (primary N) is 1. The van der Waals surface area contributed by atoms with Crippen LogP contribution in [0, 0.1) is 0 Å². The Morgan fingerprint density at radius 1 is 1.20 bits per heavy atom. The first-order valence-electron chi connectivity index (χ1n) is 9.88. The maximum absolute atomic E-state index is 13.0. The number of morpholine rings is 1. The first-order chi connectivity index (χ1) is 14.4. The molecule has 4 N–H and O–H groups in total. The second-order valence-electron chi connectivity index (χ2n) is 7.89. The summed E-state index contributed by atoms with van der Waals surface area (Å²) in [5, 5.41) is 12.1. The summed E-state index contributed by atoms with van der Waals surface area (Å²) >= 11 is 0. The highest BCUT2D eigenvalue weighted by atomic mass is 16.5. The van der Waals surface area contributed by atoms with Crippen LogP contribution in [0.3, 0.4) is 0 Å². The van der Waals surface area contributed by atoms with Gasteiger partial charge in [-0.3, -0.25) is 34.3 Å². The smallest absolute Gasteiger partial charge is 0.262 e. The minimum absolute atomic E-state index is 0.0778. The molecule has 0 radical (unpaired) electrons. The highest BCUT2D eigenvalue weighted by Gasteiger charge is 2.45. The number of ether oxygens (including phenoxy) is 1. The van der Waals surface area contributed by atoms with Gasteiger partial charge in [-0.1, -0.05) is 6.07 Å². The van der Waals surface area contributed by atoms with Crippen molar-refractivity contribution in [3.05, 3.63) is 34.9 Å². The van der Waals surface area contributed by atoms with Crippen LogP contribution in [0.25, 0.3) is 0 Å². The van der Waals surface area contributed by atoms with Crippen LogP contribution in [0.5, 0.6) is 0 Å². The number of amides is 4. The van der Waals surface area contributed by atoms with Crippen molar-refractivity contribution >= 4 is 23.6 Å². The normalized spacial score (nSPS) is 27.4. The van der Waals surface area contributed by atoms with E-state index in [2.05, 4.69) is 5.32 Å². The van der Waals surface area contributed by atoms with Crippen LogP contribution >= 0.6 is 0 Å². The maximum Gasteiger partial charge on any atom is 0.262 e. The third-order valence-electron chi connectivity index (χ3n) is 6.10. The van der Waals surface area contributed by atoms with Crippen molar-refractivity contribution in [1.29, 1.82) is 0 Å². The number of nitrogens with zero attached hydrogens (tertiary/aromatic N) is 2. The third kappa shape index (κ3) is 3.31. The lowest BCUT2D eigenvalue weighted by molar-refractivity contribution is -0.136. The molecule has 0 spiro atoms. The summed E-state index contributed by atoms with van der Waals surface area (Å²) in [7, 11) is 0. The van der Waals surface area contributed by atoms with Gasteiger partial charge >= 0.3 is 0 Å². The summed E-state index contributed by atoms with van der Waals surface area (Å²) in [6, 6.07) is 4.00. The van der Waals surface area contributed by atoms with Crippen molar-refractivity contribution < 1.29 is 29.0 Å². The van der Waals surface area contributed by atoms with Gasteiger partial charge in [-0.15, -0.1) is 0 Å². The molecule has 4 amide bonds. The zero-order valence-electron chi connectivity index (χ0n) is 16.4. The van der Waals surface area contributed by atoms with Crippen LogP contribution in [-0.4, -0.2) is 83.0 Å². The predicted molar refractivity (Wildman–Crippen MR) is 103 cm³/mol. The van der Waals surface area contributed by atoms with E-state index in [1.165, 1.54) is 0 Å². The number of benzene rings is 1. The number of fused-ring (bicyclic) bond motifs is 1. The standard InChI is InChI=1S/C20H24N4O6/c21-9-20(10-25)11-30-6-5-23(20)8-12-1-2-13-14(7-12)19(29)24(18(13)28)15-3-4-16(26)22-17(15)27/h1-2,7,15,25H,3-6,8-11,21H2,(H,22,26,27). The van der Waals surface area contributed by atoms with Crippen LogP contribution in [0.4, 0.5) is 0 Å². The highest BCUT2D eigenvalue weighted by molar-refractivity contribution is 6.23. The molecular formula is C20H24N4O6. The Morgan fingerprint density at radius 3 is 2.67 bits per heavy atom. The van der Waals surface area contributed by atoms with Gasteiger partial charge in [0.25, 0.3) is 11.8 Å². The Labute approximate surface area is 172 Å². The van der Waals surface area contributed by atoms with E-state index in [0.29, 0.717) is 26.3 Å². The van der Waals surface area contributed by atoms with E-state index < -0.39 is 35.2 Å². The molecule has 2 atom stereocenters. The van der Waals surface area contributed by atoms with Gasteiger partial charge in [0.1, 0.15) is 6.04 Å². The van der Waals surface area contributed by atoms with Crippen LogP contribution < -0.4 is 11.1 Å². The van der Waals surface area contributed by atoms with E-state index in [1.807, 2.05) is 4.90 Å².